The standard InChI is InChI=1S/C9H14N4O/c10-8-3-5-13(12-8)9(14)6-7-2-1-4-11-7/h3,5,7,11H,1-2,4,6H2,(H2,10,12). The van der Waals surface area contributed by atoms with Crippen molar-refractivity contribution in [1.82, 2.24) is 15.1 Å². The van der Waals surface area contributed by atoms with Gasteiger partial charge < -0.3 is 11.1 Å². The van der Waals surface area contributed by atoms with Gasteiger partial charge in [0, 0.05) is 24.7 Å². The van der Waals surface area contributed by atoms with E-state index in [2.05, 4.69) is 10.4 Å². The van der Waals surface area contributed by atoms with Crippen molar-refractivity contribution in [3.8, 4) is 0 Å². The van der Waals surface area contributed by atoms with E-state index in [1.165, 1.54) is 4.68 Å². The minimum atomic E-state index is 0.00102. The van der Waals surface area contributed by atoms with Gasteiger partial charge in [-0.3, -0.25) is 4.79 Å². The molecular weight excluding hydrogens is 180 g/mol. The molecule has 0 aromatic carbocycles. The molecule has 3 N–H and O–H groups in total. The molecule has 1 aromatic heterocycles. The zero-order valence-corrected chi connectivity index (χ0v) is 7.94. The van der Waals surface area contributed by atoms with Gasteiger partial charge in [-0.05, 0) is 19.4 Å². The highest BCUT2D eigenvalue weighted by Gasteiger charge is 2.18. The van der Waals surface area contributed by atoms with Crippen molar-refractivity contribution in [2.24, 2.45) is 0 Å². The molecule has 1 fully saturated rings. The van der Waals surface area contributed by atoms with Gasteiger partial charge in [0.25, 0.3) is 0 Å². The summed E-state index contributed by atoms with van der Waals surface area (Å²) in [5, 5.41) is 7.14. The number of hydrogen-bond acceptors (Lipinski definition) is 4. The summed E-state index contributed by atoms with van der Waals surface area (Å²) < 4.78 is 1.31. The highest BCUT2D eigenvalue weighted by atomic mass is 16.2. The molecule has 0 radical (unpaired) electrons. The lowest BCUT2D eigenvalue weighted by molar-refractivity contribution is 0.0875. The van der Waals surface area contributed by atoms with Gasteiger partial charge in [0.05, 0.1) is 0 Å². The number of nitrogens with one attached hydrogen (secondary N) is 1. The Morgan fingerprint density at radius 1 is 1.79 bits per heavy atom. The zero-order chi connectivity index (χ0) is 9.97. The molecule has 1 aliphatic heterocycles. The number of nitrogens with zero attached hydrogens (tertiary/aromatic N) is 2. The molecule has 76 valence electrons. The first-order valence-electron chi connectivity index (χ1n) is 4.83. The maximum absolute atomic E-state index is 11.6. The molecule has 1 atom stereocenters. The Bertz CT molecular complexity index is 327. The maximum Gasteiger partial charge on any atom is 0.248 e. The lowest BCUT2D eigenvalue weighted by atomic mass is 10.1. The van der Waals surface area contributed by atoms with Crippen LogP contribution in [0.5, 0.6) is 0 Å². The fourth-order valence-electron chi connectivity index (χ4n) is 1.71. The van der Waals surface area contributed by atoms with Gasteiger partial charge in [-0.2, -0.15) is 0 Å². The number of aromatic nitrogens is 2. The van der Waals surface area contributed by atoms with Crippen molar-refractivity contribution in [1.29, 1.82) is 0 Å². The Labute approximate surface area is 82.3 Å². The third kappa shape index (κ3) is 1.93. The first-order valence-corrected chi connectivity index (χ1v) is 4.83. The Balaban J connectivity index is 1.95. The van der Waals surface area contributed by atoms with Crippen LogP contribution in [0.25, 0.3) is 0 Å². The highest BCUT2D eigenvalue weighted by Crippen LogP contribution is 2.10. The van der Waals surface area contributed by atoms with Gasteiger partial charge in [0.2, 0.25) is 5.91 Å². The minimum absolute atomic E-state index is 0.00102. The first-order chi connectivity index (χ1) is 6.75. The van der Waals surface area contributed by atoms with Gasteiger partial charge in [-0.1, -0.05) is 0 Å². The molecule has 1 aromatic rings. The molecule has 1 unspecified atom stereocenters. The molecule has 5 heteroatoms. The van der Waals surface area contributed by atoms with E-state index in [-0.39, 0.29) is 5.91 Å². The van der Waals surface area contributed by atoms with Crippen LogP contribution in [0.3, 0.4) is 0 Å². The molecule has 0 bridgehead atoms. The summed E-state index contributed by atoms with van der Waals surface area (Å²) in [6.45, 7) is 1.01. The van der Waals surface area contributed by atoms with Gasteiger partial charge in [-0.15, -0.1) is 5.10 Å². The smallest absolute Gasteiger partial charge is 0.248 e. The van der Waals surface area contributed by atoms with Crippen molar-refractivity contribution < 1.29 is 4.79 Å². The first kappa shape index (κ1) is 9.21. The number of carbonyl (C=O) groups excluding carboxylic acids is 1. The van der Waals surface area contributed by atoms with Gasteiger partial charge >= 0.3 is 0 Å². The van der Waals surface area contributed by atoms with Crippen molar-refractivity contribution in [2.75, 3.05) is 12.3 Å². The number of anilines is 1. The number of carbonyl (C=O) groups is 1. The second-order valence-electron chi connectivity index (χ2n) is 3.58. The van der Waals surface area contributed by atoms with Crippen LogP contribution in [-0.4, -0.2) is 28.3 Å². The van der Waals surface area contributed by atoms with E-state index < -0.39 is 0 Å². The van der Waals surface area contributed by atoms with Crippen LogP contribution in [0.2, 0.25) is 0 Å². The second kappa shape index (κ2) is 3.79. The number of nitrogen functional groups attached to an aromatic ring is 1. The molecule has 0 amide bonds. The predicted octanol–water partition coefficient (Wildman–Crippen LogP) is 0.248. The highest BCUT2D eigenvalue weighted by molar-refractivity contribution is 5.78. The average molecular weight is 194 g/mol. The van der Waals surface area contributed by atoms with Gasteiger partial charge in [0.1, 0.15) is 5.82 Å². The van der Waals surface area contributed by atoms with E-state index in [0.29, 0.717) is 18.3 Å². The SMILES string of the molecule is Nc1ccn(C(=O)CC2CCCN2)n1. The van der Waals surface area contributed by atoms with E-state index >= 15 is 0 Å². The lowest BCUT2D eigenvalue weighted by Crippen LogP contribution is -2.27. The lowest BCUT2D eigenvalue weighted by Gasteiger charge is -2.07. The number of rotatable bonds is 2. The molecule has 5 nitrogen and oxygen atoms in total. The topological polar surface area (TPSA) is 72.9 Å². The van der Waals surface area contributed by atoms with Crippen LogP contribution in [0, 0.1) is 0 Å². The Morgan fingerprint density at radius 3 is 3.21 bits per heavy atom. The molecule has 2 rings (SSSR count). The Kier molecular flexibility index (Phi) is 2.49. The normalized spacial score (nSPS) is 21.3. The quantitative estimate of drug-likeness (QED) is 0.707. The number of hydrogen-bond donors (Lipinski definition) is 2. The summed E-state index contributed by atoms with van der Waals surface area (Å²) in [6, 6.07) is 1.94. The third-order valence-electron chi connectivity index (χ3n) is 2.45. The van der Waals surface area contributed by atoms with E-state index in [1.807, 2.05) is 0 Å². The summed E-state index contributed by atoms with van der Waals surface area (Å²) in [5.74, 6) is 0.388. The summed E-state index contributed by atoms with van der Waals surface area (Å²) >= 11 is 0. The largest absolute Gasteiger partial charge is 0.382 e. The van der Waals surface area contributed by atoms with E-state index in [0.717, 1.165) is 19.4 Å². The fraction of sp³-hybridized carbons (Fsp3) is 0.556. The van der Waals surface area contributed by atoms with Gasteiger partial charge in [-0.25, -0.2) is 4.68 Å². The van der Waals surface area contributed by atoms with Crippen LogP contribution in [0.1, 0.15) is 24.1 Å². The maximum atomic E-state index is 11.6. The summed E-state index contributed by atoms with van der Waals surface area (Å²) in [7, 11) is 0. The second-order valence-corrected chi connectivity index (χ2v) is 3.58. The number of nitrogens with two attached hydrogens (primary N) is 1. The molecule has 1 saturated heterocycles. The van der Waals surface area contributed by atoms with Crippen LogP contribution in [0.15, 0.2) is 12.3 Å². The van der Waals surface area contributed by atoms with E-state index in [1.54, 1.807) is 12.3 Å². The van der Waals surface area contributed by atoms with Gasteiger partial charge in [0.15, 0.2) is 0 Å². The molecule has 0 spiro atoms. The van der Waals surface area contributed by atoms with E-state index in [4.69, 9.17) is 5.73 Å². The van der Waals surface area contributed by atoms with E-state index in [9.17, 15) is 4.79 Å². The van der Waals surface area contributed by atoms with Crippen LogP contribution in [0.4, 0.5) is 5.82 Å². The third-order valence-corrected chi connectivity index (χ3v) is 2.45. The molecule has 0 saturated carbocycles. The van der Waals surface area contributed by atoms with Crippen molar-refractivity contribution >= 4 is 11.7 Å². The molecule has 14 heavy (non-hydrogen) atoms. The summed E-state index contributed by atoms with van der Waals surface area (Å²) in [4.78, 5) is 11.6. The Hall–Kier alpha value is -1.36. The molecule has 2 heterocycles. The molecule has 0 aliphatic carbocycles. The Morgan fingerprint density at radius 2 is 2.64 bits per heavy atom. The molecule has 1 aliphatic rings. The zero-order valence-electron chi connectivity index (χ0n) is 7.94. The summed E-state index contributed by atoms with van der Waals surface area (Å²) in [6.07, 6.45) is 4.33. The predicted molar refractivity (Wildman–Crippen MR) is 52.9 cm³/mol. The average Bonchev–Trinajstić information content (AvgIpc) is 2.75. The molecular formula is C9H14N4O. The van der Waals surface area contributed by atoms with Crippen molar-refractivity contribution in [3.63, 3.8) is 0 Å². The van der Waals surface area contributed by atoms with Crippen LogP contribution in [-0.2, 0) is 0 Å². The minimum Gasteiger partial charge on any atom is -0.382 e. The summed E-state index contributed by atoms with van der Waals surface area (Å²) in [5.41, 5.74) is 5.42. The van der Waals surface area contributed by atoms with Crippen LogP contribution >= 0.6 is 0 Å². The van der Waals surface area contributed by atoms with Crippen molar-refractivity contribution in [3.05, 3.63) is 12.3 Å². The van der Waals surface area contributed by atoms with Crippen molar-refractivity contribution in [2.45, 2.75) is 25.3 Å². The van der Waals surface area contributed by atoms with Crippen LogP contribution < -0.4 is 11.1 Å². The monoisotopic (exact) mass is 194 g/mol. The fourth-order valence-corrected chi connectivity index (χ4v) is 1.71.